The Morgan fingerprint density at radius 3 is 2.31 bits per heavy atom. The third-order valence-electron chi connectivity index (χ3n) is 1.46. The fraction of sp³-hybridized carbons (Fsp3) is 0.111. The summed E-state index contributed by atoms with van der Waals surface area (Å²) in [5.41, 5.74) is 9.96. The molecule has 0 heterocycles. The number of hydrogen-bond donors (Lipinski definition) is 2. The lowest BCUT2D eigenvalue weighted by Gasteiger charge is -2.02. The third-order valence-corrected chi connectivity index (χ3v) is 1.46. The third kappa shape index (κ3) is 3.91. The Bertz CT molecular complexity index is 411. The van der Waals surface area contributed by atoms with Crippen LogP contribution in [-0.2, 0) is 4.79 Å². The summed E-state index contributed by atoms with van der Waals surface area (Å²) in [4.78, 5) is 14.4. The maximum absolute atomic E-state index is 12.7. The van der Waals surface area contributed by atoms with Crippen molar-refractivity contribution in [3.63, 3.8) is 0 Å². The fourth-order valence-electron chi connectivity index (χ4n) is 0.907. The standard InChI is InChI=1S/C9H9F2N3O2/c10-5-1-6(11)3-7(2-5)16-8(15)4-14-9(12)13/h1-3H,4H2,(H4,12,13,14). The van der Waals surface area contributed by atoms with Crippen molar-refractivity contribution < 1.29 is 18.3 Å². The highest BCUT2D eigenvalue weighted by Crippen LogP contribution is 2.15. The Hall–Kier alpha value is -2.18. The van der Waals surface area contributed by atoms with Crippen molar-refractivity contribution in [2.75, 3.05) is 6.54 Å². The Morgan fingerprint density at radius 1 is 1.25 bits per heavy atom. The first kappa shape index (κ1) is 11.9. The number of carbonyl (C=O) groups excluding carboxylic acids is 1. The van der Waals surface area contributed by atoms with E-state index in [1.165, 1.54) is 0 Å². The zero-order valence-corrected chi connectivity index (χ0v) is 8.11. The van der Waals surface area contributed by atoms with Crippen molar-refractivity contribution in [2.24, 2.45) is 16.5 Å². The van der Waals surface area contributed by atoms with Crippen LogP contribution < -0.4 is 16.2 Å². The second-order valence-electron chi connectivity index (χ2n) is 2.82. The zero-order chi connectivity index (χ0) is 12.1. The van der Waals surface area contributed by atoms with E-state index in [2.05, 4.69) is 9.73 Å². The van der Waals surface area contributed by atoms with E-state index in [0.717, 1.165) is 12.1 Å². The lowest BCUT2D eigenvalue weighted by molar-refractivity contribution is -0.132. The van der Waals surface area contributed by atoms with Crippen LogP contribution in [0.25, 0.3) is 0 Å². The van der Waals surface area contributed by atoms with Gasteiger partial charge in [-0.2, -0.15) is 0 Å². The Kier molecular flexibility index (Phi) is 3.76. The van der Waals surface area contributed by atoms with Gasteiger partial charge in [0.2, 0.25) is 0 Å². The zero-order valence-electron chi connectivity index (χ0n) is 8.11. The van der Waals surface area contributed by atoms with Gasteiger partial charge in [-0.3, -0.25) is 0 Å². The number of rotatable bonds is 3. The molecule has 0 saturated carbocycles. The summed E-state index contributed by atoms with van der Waals surface area (Å²) < 4.78 is 30.0. The average Bonchev–Trinajstić information content (AvgIpc) is 2.12. The molecule has 4 N–H and O–H groups in total. The minimum Gasteiger partial charge on any atom is -0.425 e. The molecule has 7 heteroatoms. The predicted molar refractivity (Wildman–Crippen MR) is 52.7 cm³/mol. The molecule has 0 aliphatic carbocycles. The SMILES string of the molecule is NC(N)=NCC(=O)Oc1cc(F)cc(F)c1. The minimum absolute atomic E-state index is 0.242. The Balaban J connectivity index is 2.66. The molecule has 0 saturated heterocycles. The molecular formula is C9H9F2N3O2. The van der Waals surface area contributed by atoms with E-state index in [9.17, 15) is 13.6 Å². The van der Waals surface area contributed by atoms with Gasteiger partial charge < -0.3 is 16.2 Å². The molecule has 0 radical (unpaired) electrons. The molecule has 16 heavy (non-hydrogen) atoms. The molecule has 0 bridgehead atoms. The van der Waals surface area contributed by atoms with Gasteiger partial charge in [-0.25, -0.2) is 18.6 Å². The number of nitrogens with zero attached hydrogens (tertiary/aromatic N) is 1. The molecule has 0 spiro atoms. The summed E-state index contributed by atoms with van der Waals surface area (Å²) in [6, 6.07) is 2.40. The number of nitrogens with two attached hydrogens (primary N) is 2. The van der Waals surface area contributed by atoms with E-state index in [1.807, 2.05) is 0 Å². The van der Waals surface area contributed by atoms with Gasteiger partial charge in [0.1, 0.15) is 23.9 Å². The van der Waals surface area contributed by atoms with E-state index in [1.54, 1.807) is 0 Å². The highest BCUT2D eigenvalue weighted by Gasteiger charge is 2.06. The van der Waals surface area contributed by atoms with Crippen LogP contribution in [0.1, 0.15) is 0 Å². The molecular weight excluding hydrogens is 220 g/mol. The molecule has 1 rings (SSSR count). The Labute approximate surface area is 89.7 Å². The summed E-state index contributed by atoms with van der Waals surface area (Å²) >= 11 is 0. The highest BCUT2D eigenvalue weighted by molar-refractivity contribution is 5.81. The van der Waals surface area contributed by atoms with Gasteiger partial charge in [0.25, 0.3) is 0 Å². The van der Waals surface area contributed by atoms with Crippen LogP contribution in [0.5, 0.6) is 5.75 Å². The first-order valence-corrected chi connectivity index (χ1v) is 4.19. The van der Waals surface area contributed by atoms with Crippen molar-refractivity contribution in [3.8, 4) is 5.75 Å². The molecule has 0 aromatic heterocycles. The predicted octanol–water partition coefficient (Wildman–Crippen LogP) is 0.144. The highest BCUT2D eigenvalue weighted by atomic mass is 19.1. The first-order chi connectivity index (χ1) is 7.47. The molecule has 0 amide bonds. The molecule has 0 aliphatic heterocycles. The van der Waals surface area contributed by atoms with Crippen molar-refractivity contribution in [1.82, 2.24) is 0 Å². The van der Waals surface area contributed by atoms with Crippen LogP contribution in [0.2, 0.25) is 0 Å². The molecule has 86 valence electrons. The number of esters is 1. The molecule has 1 aromatic carbocycles. The van der Waals surface area contributed by atoms with E-state index in [-0.39, 0.29) is 11.7 Å². The van der Waals surface area contributed by atoms with Gasteiger partial charge in [-0.15, -0.1) is 0 Å². The minimum atomic E-state index is -0.843. The van der Waals surface area contributed by atoms with Gasteiger partial charge in [-0.05, 0) is 0 Å². The van der Waals surface area contributed by atoms with E-state index in [4.69, 9.17) is 11.5 Å². The number of guanidine groups is 1. The van der Waals surface area contributed by atoms with Gasteiger partial charge in [0.15, 0.2) is 5.96 Å². The number of aliphatic imine (C=N–C) groups is 1. The topological polar surface area (TPSA) is 90.7 Å². The molecule has 0 aliphatic rings. The molecule has 1 aromatic rings. The van der Waals surface area contributed by atoms with Crippen LogP contribution >= 0.6 is 0 Å². The molecule has 0 unspecified atom stereocenters. The van der Waals surface area contributed by atoms with E-state index >= 15 is 0 Å². The monoisotopic (exact) mass is 229 g/mol. The van der Waals surface area contributed by atoms with Crippen LogP contribution in [0, 0.1) is 11.6 Å². The molecule has 0 atom stereocenters. The summed E-state index contributed by atoms with van der Waals surface area (Å²) in [6.07, 6.45) is 0. The Morgan fingerprint density at radius 2 is 1.81 bits per heavy atom. The average molecular weight is 229 g/mol. The summed E-state index contributed by atoms with van der Waals surface area (Å²) in [7, 11) is 0. The van der Waals surface area contributed by atoms with Crippen molar-refractivity contribution >= 4 is 11.9 Å². The second-order valence-corrected chi connectivity index (χ2v) is 2.82. The number of halogens is 2. The van der Waals surface area contributed by atoms with Crippen molar-refractivity contribution in [1.29, 1.82) is 0 Å². The number of benzene rings is 1. The second kappa shape index (κ2) is 5.06. The van der Waals surface area contributed by atoms with Gasteiger partial charge in [-0.1, -0.05) is 0 Å². The molecule has 0 fully saturated rings. The fourth-order valence-corrected chi connectivity index (χ4v) is 0.907. The van der Waals surface area contributed by atoms with Gasteiger partial charge in [0, 0.05) is 18.2 Å². The number of carbonyl (C=O) groups is 1. The van der Waals surface area contributed by atoms with Crippen molar-refractivity contribution in [2.45, 2.75) is 0 Å². The summed E-state index contributed by atoms with van der Waals surface area (Å²) in [5.74, 6) is -3.02. The number of hydrogen-bond acceptors (Lipinski definition) is 3. The van der Waals surface area contributed by atoms with Crippen LogP contribution in [-0.4, -0.2) is 18.5 Å². The van der Waals surface area contributed by atoms with E-state index < -0.39 is 24.1 Å². The quantitative estimate of drug-likeness (QED) is 0.334. The normalized spacial score (nSPS) is 9.62. The lowest BCUT2D eigenvalue weighted by atomic mass is 10.3. The summed E-state index contributed by atoms with van der Waals surface area (Å²) in [6.45, 7) is -0.416. The van der Waals surface area contributed by atoms with Crippen LogP contribution in [0.3, 0.4) is 0 Å². The van der Waals surface area contributed by atoms with Crippen LogP contribution in [0.4, 0.5) is 8.78 Å². The smallest absolute Gasteiger partial charge is 0.333 e. The van der Waals surface area contributed by atoms with Gasteiger partial charge >= 0.3 is 5.97 Å². The largest absolute Gasteiger partial charge is 0.425 e. The maximum Gasteiger partial charge on any atom is 0.333 e. The first-order valence-electron chi connectivity index (χ1n) is 4.19. The van der Waals surface area contributed by atoms with Gasteiger partial charge in [0.05, 0.1) is 0 Å². The van der Waals surface area contributed by atoms with Crippen molar-refractivity contribution in [3.05, 3.63) is 29.8 Å². The number of ether oxygens (including phenoxy) is 1. The maximum atomic E-state index is 12.7. The van der Waals surface area contributed by atoms with Crippen LogP contribution in [0.15, 0.2) is 23.2 Å². The van der Waals surface area contributed by atoms with E-state index in [0.29, 0.717) is 6.07 Å². The molecule has 5 nitrogen and oxygen atoms in total. The summed E-state index contributed by atoms with van der Waals surface area (Å²) in [5, 5.41) is 0. The lowest BCUT2D eigenvalue weighted by Crippen LogP contribution is -2.25.